The topological polar surface area (TPSA) is 46.5 Å². The molecule has 9 heavy (non-hydrogen) atoms. The van der Waals surface area contributed by atoms with Crippen molar-refractivity contribution < 1.29 is 14.6 Å². The summed E-state index contributed by atoms with van der Waals surface area (Å²) in [6.45, 7) is 1.90. The summed E-state index contributed by atoms with van der Waals surface area (Å²) < 4.78 is 4.28. The molecule has 54 valence electrons. The van der Waals surface area contributed by atoms with Crippen molar-refractivity contribution in [1.82, 2.24) is 0 Å². The first kappa shape index (κ1) is 8.43. The van der Waals surface area contributed by atoms with E-state index in [1.165, 1.54) is 7.11 Å². The molecule has 0 spiro atoms. The predicted molar refractivity (Wildman–Crippen MR) is 32.9 cm³/mol. The second kappa shape index (κ2) is 4.32. The van der Waals surface area contributed by atoms with E-state index >= 15 is 0 Å². The second-order valence-electron chi connectivity index (χ2n) is 1.83. The van der Waals surface area contributed by atoms with Gasteiger partial charge in [0.2, 0.25) is 0 Å². The highest BCUT2D eigenvalue weighted by Gasteiger charge is 2.12. The van der Waals surface area contributed by atoms with Gasteiger partial charge in [0.1, 0.15) is 0 Å². The molecule has 0 radical (unpaired) electrons. The van der Waals surface area contributed by atoms with Crippen LogP contribution in [0, 0.1) is 0 Å². The van der Waals surface area contributed by atoms with Gasteiger partial charge in [-0.1, -0.05) is 13.3 Å². The molecule has 0 saturated carbocycles. The van der Waals surface area contributed by atoms with Gasteiger partial charge in [0, 0.05) is 0 Å². The summed E-state index contributed by atoms with van der Waals surface area (Å²) in [6.07, 6.45) is 0.336. The van der Waals surface area contributed by atoms with Gasteiger partial charge >= 0.3 is 5.97 Å². The second-order valence-corrected chi connectivity index (χ2v) is 1.83. The van der Waals surface area contributed by atoms with Crippen LogP contribution in [0.3, 0.4) is 0 Å². The van der Waals surface area contributed by atoms with Crippen molar-refractivity contribution in [1.29, 1.82) is 0 Å². The van der Waals surface area contributed by atoms with Gasteiger partial charge in [-0.2, -0.15) is 0 Å². The average molecular weight is 134 g/mol. The van der Waals surface area contributed by atoms with Gasteiger partial charge in [0.25, 0.3) is 0 Å². The van der Waals surface area contributed by atoms with Gasteiger partial charge < -0.3 is 9.84 Å². The maximum absolute atomic E-state index is 10.4. The van der Waals surface area contributed by atoms with Crippen molar-refractivity contribution in [2.24, 2.45) is 0 Å². The third-order valence-electron chi connectivity index (χ3n) is 1.04. The third kappa shape index (κ3) is 3.08. The molecule has 0 fully saturated rings. The summed E-state index contributed by atoms with van der Waals surface area (Å²) in [4.78, 5) is 10.4. The van der Waals surface area contributed by atoms with Crippen molar-refractivity contribution in [3.05, 3.63) is 0 Å². The van der Waals surface area contributed by atoms with Crippen LogP contribution in [0.5, 0.6) is 0 Å². The standard InChI is InChI=1S/C6H12O3/c1-3-4-5(7)6(8)9-2/h5,7H,3-4H2,1-2H3/i6+2. The smallest absolute Gasteiger partial charge is 0.334 e. The van der Waals surface area contributed by atoms with Gasteiger partial charge in [0.15, 0.2) is 6.10 Å². The van der Waals surface area contributed by atoms with Gasteiger partial charge in [-0.05, 0) is 6.42 Å². The van der Waals surface area contributed by atoms with E-state index < -0.39 is 12.1 Å². The van der Waals surface area contributed by atoms with Crippen molar-refractivity contribution >= 4 is 5.97 Å². The molecule has 0 aromatic heterocycles. The minimum absolute atomic E-state index is 0.479. The molecule has 0 rings (SSSR count). The van der Waals surface area contributed by atoms with Gasteiger partial charge in [-0.25, -0.2) is 4.79 Å². The Labute approximate surface area is 54.6 Å². The molecular formula is C6H12O3. The number of esters is 1. The van der Waals surface area contributed by atoms with E-state index in [1.54, 1.807) is 0 Å². The van der Waals surface area contributed by atoms with Crippen LogP contribution in [0.25, 0.3) is 0 Å². The molecule has 1 N–H and O–H groups in total. The van der Waals surface area contributed by atoms with Crippen molar-refractivity contribution in [3.8, 4) is 0 Å². The Balaban J connectivity index is 3.45. The van der Waals surface area contributed by atoms with E-state index in [4.69, 9.17) is 5.11 Å². The average Bonchev–Trinajstić information content (AvgIpc) is 1.87. The number of hydrogen-bond donors (Lipinski definition) is 1. The third-order valence-corrected chi connectivity index (χ3v) is 1.04. The van der Waals surface area contributed by atoms with E-state index in [9.17, 15) is 4.79 Å². The highest BCUT2D eigenvalue weighted by molar-refractivity contribution is 5.73. The predicted octanol–water partition coefficient (Wildman–Crippen LogP) is 0.320. The zero-order valence-corrected chi connectivity index (χ0v) is 5.76. The minimum atomic E-state index is -0.931. The molecule has 0 heterocycles. The van der Waals surface area contributed by atoms with Crippen LogP contribution < -0.4 is 0 Å². The lowest BCUT2D eigenvalue weighted by molar-refractivity contribution is -0.150. The van der Waals surface area contributed by atoms with Crippen molar-refractivity contribution in [2.45, 2.75) is 25.9 Å². The first-order valence-corrected chi connectivity index (χ1v) is 2.98. The molecule has 0 amide bonds. The molecule has 0 saturated heterocycles. The Morgan fingerprint density at radius 3 is 2.67 bits per heavy atom. The Morgan fingerprint density at radius 2 is 2.33 bits per heavy atom. The highest BCUT2D eigenvalue weighted by atomic mass is 16.8. The SMILES string of the molecule is CCCC(O)[14C](=O)OC. The number of hydrogen-bond acceptors (Lipinski definition) is 3. The normalized spacial score (nSPS) is 12.8. The van der Waals surface area contributed by atoms with E-state index in [0.717, 1.165) is 6.42 Å². The molecule has 3 nitrogen and oxygen atoms in total. The Hall–Kier alpha value is -0.570. The van der Waals surface area contributed by atoms with Gasteiger partial charge in [-0.15, -0.1) is 0 Å². The molecule has 0 aliphatic rings. The maximum Gasteiger partial charge on any atom is 0.334 e. The number of rotatable bonds is 3. The Bertz CT molecular complexity index is 90.3. The van der Waals surface area contributed by atoms with Gasteiger partial charge in [0.05, 0.1) is 7.11 Å². The molecule has 3 heteroatoms. The molecule has 1 atom stereocenters. The first-order valence-electron chi connectivity index (χ1n) is 2.98. The van der Waals surface area contributed by atoms with Crippen LogP contribution in [0.15, 0.2) is 0 Å². The van der Waals surface area contributed by atoms with E-state index in [0.29, 0.717) is 6.42 Å². The number of carbonyl (C=O) groups excluding carboxylic acids is 1. The summed E-state index contributed by atoms with van der Waals surface area (Å²) in [5.74, 6) is -0.545. The number of ether oxygens (including phenoxy) is 1. The minimum Gasteiger partial charge on any atom is -0.467 e. The lowest BCUT2D eigenvalue weighted by Crippen LogP contribution is -2.20. The Kier molecular flexibility index (Phi) is 4.05. The summed E-state index contributed by atoms with van der Waals surface area (Å²) in [5.41, 5.74) is 0. The first-order chi connectivity index (χ1) is 4.22. The molecule has 0 aliphatic heterocycles. The fourth-order valence-corrected chi connectivity index (χ4v) is 0.527. The molecule has 0 aromatic carbocycles. The van der Waals surface area contributed by atoms with E-state index in [1.807, 2.05) is 6.92 Å². The summed E-state index contributed by atoms with van der Waals surface area (Å²) >= 11 is 0. The lowest BCUT2D eigenvalue weighted by atomic mass is 10.3. The molecule has 0 aliphatic carbocycles. The number of methoxy groups -OCH3 is 1. The number of carbonyl (C=O) groups is 1. The zero-order chi connectivity index (χ0) is 7.28. The van der Waals surface area contributed by atoms with Crippen LogP contribution in [0.4, 0.5) is 0 Å². The van der Waals surface area contributed by atoms with Gasteiger partial charge in [-0.3, -0.25) is 0 Å². The fourth-order valence-electron chi connectivity index (χ4n) is 0.527. The summed E-state index contributed by atoms with van der Waals surface area (Å²) in [7, 11) is 1.27. The van der Waals surface area contributed by atoms with Crippen LogP contribution in [0.2, 0.25) is 0 Å². The maximum atomic E-state index is 10.4. The number of aliphatic hydroxyl groups excluding tert-OH is 1. The van der Waals surface area contributed by atoms with Crippen LogP contribution in [-0.4, -0.2) is 24.3 Å². The Morgan fingerprint density at radius 1 is 1.78 bits per heavy atom. The van der Waals surface area contributed by atoms with E-state index in [2.05, 4.69) is 4.74 Å². The number of aliphatic hydroxyl groups is 1. The largest absolute Gasteiger partial charge is 0.467 e. The fraction of sp³-hybridized carbons (Fsp3) is 0.833. The molecule has 0 bridgehead atoms. The van der Waals surface area contributed by atoms with E-state index in [-0.39, 0.29) is 0 Å². The summed E-state index contributed by atoms with van der Waals surface area (Å²) in [5, 5.41) is 8.84. The van der Waals surface area contributed by atoms with Crippen molar-refractivity contribution in [2.75, 3.05) is 7.11 Å². The van der Waals surface area contributed by atoms with Crippen LogP contribution >= 0.6 is 0 Å². The highest BCUT2D eigenvalue weighted by Crippen LogP contribution is 1.96. The molecule has 1 unspecified atom stereocenters. The quantitative estimate of drug-likeness (QED) is 0.565. The van der Waals surface area contributed by atoms with Crippen molar-refractivity contribution in [3.63, 3.8) is 0 Å². The monoisotopic (exact) mass is 134 g/mol. The summed E-state index contributed by atoms with van der Waals surface area (Å²) in [6, 6.07) is 0. The van der Waals surface area contributed by atoms with Crippen LogP contribution in [0.1, 0.15) is 19.8 Å². The van der Waals surface area contributed by atoms with Crippen LogP contribution in [-0.2, 0) is 9.53 Å². The zero-order valence-electron chi connectivity index (χ0n) is 5.76. The molecule has 0 aromatic rings. The lowest BCUT2D eigenvalue weighted by Gasteiger charge is -2.04. The molecular weight excluding hydrogens is 122 g/mol.